The summed E-state index contributed by atoms with van der Waals surface area (Å²) in [5.74, 6) is 0. The number of rotatable bonds is 0. The Bertz CT molecular complexity index is 501. The first-order valence-electron chi connectivity index (χ1n) is 4.80. The van der Waals surface area contributed by atoms with E-state index in [1.807, 2.05) is 19.2 Å². The van der Waals surface area contributed by atoms with Gasteiger partial charge in [-0.15, -0.1) is 0 Å². The van der Waals surface area contributed by atoms with Crippen molar-refractivity contribution in [3.05, 3.63) is 34.6 Å². The monoisotopic (exact) mass is 186 g/mol. The molecule has 0 bridgehead atoms. The van der Waals surface area contributed by atoms with Gasteiger partial charge in [-0.25, -0.2) is 9.97 Å². The zero-order valence-corrected chi connectivity index (χ0v) is 9.05. The molecule has 2 aromatic heterocycles. The molecule has 0 spiro atoms. The highest BCUT2D eigenvalue weighted by Crippen LogP contribution is 2.22. The number of aryl methyl sites for hydroxylation is 3. The van der Waals surface area contributed by atoms with E-state index in [2.05, 4.69) is 30.7 Å². The van der Waals surface area contributed by atoms with Crippen molar-refractivity contribution in [2.45, 2.75) is 27.7 Å². The Balaban J connectivity index is 2.99. The number of fused-ring (bicyclic) bond motifs is 1. The van der Waals surface area contributed by atoms with E-state index in [1.165, 1.54) is 22.1 Å². The van der Waals surface area contributed by atoms with Gasteiger partial charge in [0.15, 0.2) is 5.65 Å². The van der Waals surface area contributed by atoms with Gasteiger partial charge >= 0.3 is 0 Å². The maximum absolute atomic E-state index is 4.49. The van der Waals surface area contributed by atoms with Crippen LogP contribution in [0.4, 0.5) is 0 Å². The van der Waals surface area contributed by atoms with Crippen LogP contribution in [0.3, 0.4) is 0 Å². The summed E-state index contributed by atoms with van der Waals surface area (Å²) in [4.78, 5) is 8.78. The molecule has 14 heavy (non-hydrogen) atoms. The molecule has 0 unspecified atom stereocenters. The van der Waals surface area contributed by atoms with E-state index in [9.17, 15) is 0 Å². The van der Waals surface area contributed by atoms with Crippen LogP contribution in [0.2, 0.25) is 0 Å². The number of hydrogen-bond acceptors (Lipinski definition) is 2. The Morgan fingerprint density at radius 3 is 2.43 bits per heavy atom. The molecule has 2 nitrogen and oxygen atoms in total. The molecular formula is C12H14N2. The van der Waals surface area contributed by atoms with Crippen LogP contribution in [-0.4, -0.2) is 9.97 Å². The molecule has 0 aliphatic carbocycles. The first kappa shape index (κ1) is 9.13. The zero-order valence-electron chi connectivity index (χ0n) is 9.05. The SMILES string of the molecule is Cc1nc2nccc(C)c2c(C)c1C. The lowest BCUT2D eigenvalue weighted by Crippen LogP contribution is -1.96. The van der Waals surface area contributed by atoms with E-state index >= 15 is 0 Å². The number of nitrogens with zero attached hydrogens (tertiary/aromatic N) is 2. The van der Waals surface area contributed by atoms with E-state index in [1.54, 1.807) is 0 Å². The fourth-order valence-electron chi connectivity index (χ4n) is 1.79. The highest BCUT2D eigenvalue weighted by Gasteiger charge is 2.07. The van der Waals surface area contributed by atoms with Gasteiger partial charge < -0.3 is 0 Å². The van der Waals surface area contributed by atoms with E-state index in [0.717, 1.165) is 11.3 Å². The minimum absolute atomic E-state index is 0.866. The first-order valence-corrected chi connectivity index (χ1v) is 4.80. The molecule has 2 heteroatoms. The van der Waals surface area contributed by atoms with Crippen molar-refractivity contribution in [3.63, 3.8) is 0 Å². The average molecular weight is 186 g/mol. The van der Waals surface area contributed by atoms with Crippen molar-refractivity contribution in [2.75, 3.05) is 0 Å². The average Bonchev–Trinajstić information content (AvgIpc) is 2.14. The molecule has 0 atom stereocenters. The quantitative estimate of drug-likeness (QED) is 0.632. The fourth-order valence-corrected chi connectivity index (χ4v) is 1.79. The highest BCUT2D eigenvalue weighted by molar-refractivity contribution is 5.83. The molecule has 2 aromatic rings. The molecule has 2 rings (SSSR count). The molecule has 0 aliphatic heterocycles. The lowest BCUT2D eigenvalue weighted by molar-refractivity contribution is 1.13. The molecule has 0 amide bonds. The smallest absolute Gasteiger partial charge is 0.159 e. The van der Waals surface area contributed by atoms with Crippen LogP contribution in [0, 0.1) is 27.7 Å². The van der Waals surface area contributed by atoms with Gasteiger partial charge in [0, 0.05) is 17.3 Å². The molecule has 0 N–H and O–H groups in total. The largest absolute Gasteiger partial charge is 0.237 e. The number of aromatic nitrogens is 2. The molecule has 0 aromatic carbocycles. The van der Waals surface area contributed by atoms with Crippen LogP contribution in [0.15, 0.2) is 12.3 Å². The van der Waals surface area contributed by atoms with Gasteiger partial charge in [0.2, 0.25) is 0 Å². The fraction of sp³-hybridized carbons (Fsp3) is 0.333. The lowest BCUT2D eigenvalue weighted by Gasteiger charge is -2.09. The van der Waals surface area contributed by atoms with E-state index in [4.69, 9.17) is 0 Å². The molecule has 72 valence electrons. The standard InChI is InChI=1S/C12H14N2/c1-7-5-6-13-12-11(7)9(3)8(2)10(4)14-12/h5-6H,1-4H3. The summed E-state index contributed by atoms with van der Waals surface area (Å²) in [6, 6.07) is 2.03. The third-order valence-electron chi connectivity index (χ3n) is 2.89. The second-order valence-corrected chi connectivity index (χ2v) is 3.77. The summed E-state index contributed by atoms with van der Waals surface area (Å²) < 4.78 is 0. The normalized spacial score (nSPS) is 10.9. The van der Waals surface area contributed by atoms with Crippen molar-refractivity contribution in [1.29, 1.82) is 0 Å². The molecule has 0 saturated carbocycles. The topological polar surface area (TPSA) is 25.8 Å². The second kappa shape index (κ2) is 3.05. The van der Waals surface area contributed by atoms with Gasteiger partial charge in [-0.3, -0.25) is 0 Å². The van der Waals surface area contributed by atoms with Crippen molar-refractivity contribution in [2.24, 2.45) is 0 Å². The van der Waals surface area contributed by atoms with Crippen LogP contribution < -0.4 is 0 Å². The third kappa shape index (κ3) is 1.18. The summed E-state index contributed by atoms with van der Waals surface area (Å²) in [6.45, 7) is 8.39. The Kier molecular flexibility index (Phi) is 1.99. The van der Waals surface area contributed by atoms with Crippen LogP contribution in [0.1, 0.15) is 22.4 Å². The predicted molar refractivity (Wildman–Crippen MR) is 58.5 cm³/mol. The molecule has 0 radical (unpaired) electrons. The number of hydrogen-bond donors (Lipinski definition) is 0. The summed E-state index contributed by atoms with van der Waals surface area (Å²) in [5.41, 5.74) is 5.77. The Morgan fingerprint density at radius 1 is 1.00 bits per heavy atom. The van der Waals surface area contributed by atoms with E-state index < -0.39 is 0 Å². The van der Waals surface area contributed by atoms with Crippen LogP contribution in [0.25, 0.3) is 11.0 Å². The summed E-state index contributed by atoms with van der Waals surface area (Å²) in [7, 11) is 0. The Labute approximate surface area is 84.0 Å². The summed E-state index contributed by atoms with van der Waals surface area (Å²) in [6.07, 6.45) is 1.82. The van der Waals surface area contributed by atoms with E-state index in [0.29, 0.717) is 0 Å². The number of pyridine rings is 2. The van der Waals surface area contributed by atoms with Gasteiger partial charge in [-0.1, -0.05) is 0 Å². The second-order valence-electron chi connectivity index (χ2n) is 3.77. The van der Waals surface area contributed by atoms with Gasteiger partial charge in [0.05, 0.1) is 0 Å². The van der Waals surface area contributed by atoms with Crippen LogP contribution in [0.5, 0.6) is 0 Å². The maximum atomic E-state index is 4.49. The molecule has 2 heterocycles. The van der Waals surface area contributed by atoms with Crippen molar-refractivity contribution >= 4 is 11.0 Å². The minimum Gasteiger partial charge on any atom is -0.237 e. The molecule has 0 aliphatic rings. The van der Waals surface area contributed by atoms with Crippen LogP contribution in [-0.2, 0) is 0 Å². The molecule has 0 saturated heterocycles. The van der Waals surface area contributed by atoms with Gasteiger partial charge in [-0.2, -0.15) is 0 Å². The Morgan fingerprint density at radius 2 is 1.71 bits per heavy atom. The highest BCUT2D eigenvalue weighted by atomic mass is 14.8. The van der Waals surface area contributed by atoms with Gasteiger partial charge in [0.1, 0.15) is 0 Å². The van der Waals surface area contributed by atoms with Crippen molar-refractivity contribution < 1.29 is 0 Å². The lowest BCUT2D eigenvalue weighted by atomic mass is 10.0. The predicted octanol–water partition coefficient (Wildman–Crippen LogP) is 2.86. The summed E-state index contributed by atoms with van der Waals surface area (Å²) >= 11 is 0. The van der Waals surface area contributed by atoms with Crippen LogP contribution >= 0.6 is 0 Å². The van der Waals surface area contributed by atoms with Crippen molar-refractivity contribution in [1.82, 2.24) is 9.97 Å². The first-order chi connectivity index (χ1) is 6.61. The van der Waals surface area contributed by atoms with E-state index in [-0.39, 0.29) is 0 Å². The third-order valence-corrected chi connectivity index (χ3v) is 2.89. The minimum atomic E-state index is 0.866. The maximum Gasteiger partial charge on any atom is 0.159 e. The summed E-state index contributed by atoms with van der Waals surface area (Å²) in [5, 5.41) is 1.20. The van der Waals surface area contributed by atoms with Gasteiger partial charge in [-0.05, 0) is 50.5 Å². The molecular weight excluding hydrogens is 172 g/mol. The van der Waals surface area contributed by atoms with Crippen molar-refractivity contribution in [3.8, 4) is 0 Å². The zero-order chi connectivity index (χ0) is 10.3. The van der Waals surface area contributed by atoms with Gasteiger partial charge in [0.25, 0.3) is 0 Å². The Hall–Kier alpha value is -1.44. The molecule has 0 fully saturated rings.